The summed E-state index contributed by atoms with van der Waals surface area (Å²) >= 11 is 0. The quantitative estimate of drug-likeness (QED) is 0.864. The lowest BCUT2D eigenvalue weighted by Gasteiger charge is -2.08. The van der Waals surface area contributed by atoms with E-state index in [4.69, 9.17) is 0 Å². The number of aryl methyl sites for hydroxylation is 1. The first-order chi connectivity index (χ1) is 9.36. The standard InChI is InChI=1S/C15H20N4/c1-2-8-19-15(11-17-18-19)13-5-3-4-12(9-13)10-16-14-6-7-14/h3-5,9,11,14,16H,2,6-8,10H2,1H3. The van der Waals surface area contributed by atoms with Crippen molar-refractivity contribution in [3.05, 3.63) is 36.0 Å². The molecule has 1 heterocycles. The predicted octanol–water partition coefficient (Wildman–Crippen LogP) is 2.61. The van der Waals surface area contributed by atoms with Gasteiger partial charge in [-0.25, -0.2) is 4.68 Å². The minimum atomic E-state index is 0.746. The van der Waals surface area contributed by atoms with E-state index < -0.39 is 0 Å². The lowest BCUT2D eigenvalue weighted by Crippen LogP contribution is -2.15. The van der Waals surface area contributed by atoms with Crippen LogP contribution in [0.3, 0.4) is 0 Å². The van der Waals surface area contributed by atoms with E-state index in [9.17, 15) is 0 Å². The highest BCUT2D eigenvalue weighted by Crippen LogP contribution is 2.22. The zero-order valence-corrected chi connectivity index (χ0v) is 11.3. The molecule has 0 atom stereocenters. The number of hydrogen-bond acceptors (Lipinski definition) is 3. The molecule has 0 amide bonds. The molecule has 1 aliphatic carbocycles. The van der Waals surface area contributed by atoms with Gasteiger partial charge in [-0.15, -0.1) is 5.10 Å². The molecule has 0 spiro atoms. The summed E-state index contributed by atoms with van der Waals surface area (Å²) in [5, 5.41) is 11.7. The van der Waals surface area contributed by atoms with E-state index in [0.29, 0.717) is 0 Å². The highest BCUT2D eigenvalue weighted by molar-refractivity contribution is 5.59. The first-order valence-electron chi connectivity index (χ1n) is 7.08. The lowest BCUT2D eigenvalue weighted by atomic mass is 10.1. The van der Waals surface area contributed by atoms with Gasteiger partial charge < -0.3 is 5.32 Å². The van der Waals surface area contributed by atoms with Crippen molar-refractivity contribution in [2.45, 2.75) is 45.3 Å². The molecule has 0 aliphatic heterocycles. The third-order valence-corrected chi connectivity index (χ3v) is 3.45. The molecular formula is C15H20N4. The second-order valence-electron chi connectivity index (χ2n) is 5.20. The number of hydrogen-bond donors (Lipinski definition) is 1. The Morgan fingerprint density at radius 1 is 1.37 bits per heavy atom. The van der Waals surface area contributed by atoms with Crippen LogP contribution in [0.15, 0.2) is 30.5 Å². The van der Waals surface area contributed by atoms with Crippen LogP contribution in [-0.4, -0.2) is 21.0 Å². The van der Waals surface area contributed by atoms with Gasteiger partial charge in [0.2, 0.25) is 0 Å². The minimum Gasteiger partial charge on any atom is -0.310 e. The molecule has 0 bridgehead atoms. The first-order valence-corrected chi connectivity index (χ1v) is 7.08. The second-order valence-corrected chi connectivity index (χ2v) is 5.20. The number of nitrogens with zero attached hydrogens (tertiary/aromatic N) is 3. The van der Waals surface area contributed by atoms with Crippen LogP contribution in [0.4, 0.5) is 0 Å². The van der Waals surface area contributed by atoms with Crippen molar-refractivity contribution < 1.29 is 0 Å². The predicted molar refractivity (Wildman–Crippen MR) is 75.6 cm³/mol. The molecule has 1 saturated carbocycles. The van der Waals surface area contributed by atoms with E-state index in [1.165, 1.54) is 24.0 Å². The SMILES string of the molecule is CCCn1nncc1-c1cccc(CNC2CC2)c1. The van der Waals surface area contributed by atoms with E-state index in [1.54, 1.807) is 0 Å². The highest BCUT2D eigenvalue weighted by atomic mass is 15.4. The van der Waals surface area contributed by atoms with Crippen LogP contribution in [0.25, 0.3) is 11.3 Å². The fourth-order valence-corrected chi connectivity index (χ4v) is 2.25. The van der Waals surface area contributed by atoms with Gasteiger partial charge in [0.15, 0.2) is 0 Å². The summed E-state index contributed by atoms with van der Waals surface area (Å²) in [5.41, 5.74) is 3.64. The molecular weight excluding hydrogens is 236 g/mol. The van der Waals surface area contributed by atoms with Gasteiger partial charge in [0.05, 0.1) is 11.9 Å². The topological polar surface area (TPSA) is 42.7 Å². The summed E-state index contributed by atoms with van der Waals surface area (Å²) in [5.74, 6) is 0. The van der Waals surface area contributed by atoms with Crippen LogP contribution in [0.2, 0.25) is 0 Å². The molecule has 1 fully saturated rings. The van der Waals surface area contributed by atoms with Gasteiger partial charge in [-0.1, -0.05) is 30.3 Å². The summed E-state index contributed by atoms with van der Waals surface area (Å²) in [6.45, 7) is 4.02. The average molecular weight is 256 g/mol. The van der Waals surface area contributed by atoms with Gasteiger partial charge in [0.25, 0.3) is 0 Å². The average Bonchev–Trinajstić information content (AvgIpc) is 3.15. The summed E-state index contributed by atoms with van der Waals surface area (Å²) in [6, 6.07) is 9.40. The Balaban J connectivity index is 1.78. The maximum atomic E-state index is 4.15. The fraction of sp³-hybridized carbons (Fsp3) is 0.467. The van der Waals surface area contributed by atoms with Gasteiger partial charge in [-0.2, -0.15) is 0 Å². The molecule has 100 valence electrons. The van der Waals surface area contributed by atoms with Crippen LogP contribution in [-0.2, 0) is 13.1 Å². The maximum absolute atomic E-state index is 4.15. The molecule has 1 N–H and O–H groups in total. The minimum absolute atomic E-state index is 0.746. The molecule has 1 aliphatic rings. The van der Waals surface area contributed by atoms with E-state index >= 15 is 0 Å². The number of nitrogens with one attached hydrogen (secondary N) is 1. The zero-order chi connectivity index (χ0) is 13.1. The molecule has 0 radical (unpaired) electrons. The van der Waals surface area contributed by atoms with Crippen LogP contribution in [0, 0.1) is 0 Å². The van der Waals surface area contributed by atoms with Crippen molar-refractivity contribution in [2.24, 2.45) is 0 Å². The Labute approximate surface area is 113 Å². The Morgan fingerprint density at radius 2 is 2.26 bits per heavy atom. The van der Waals surface area contributed by atoms with Crippen molar-refractivity contribution in [2.75, 3.05) is 0 Å². The van der Waals surface area contributed by atoms with E-state index in [0.717, 1.165) is 31.2 Å². The Hall–Kier alpha value is -1.68. The Kier molecular flexibility index (Phi) is 3.60. The lowest BCUT2D eigenvalue weighted by molar-refractivity contribution is 0.584. The molecule has 4 heteroatoms. The molecule has 1 aromatic carbocycles. The largest absolute Gasteiger partial charge is 0.310 e. The molecule has 0 saturated heterocycles. The zero-order valence-electron chi connectivity index (χ0n) is 11.3. The van der Waals surface area contributed by atoms with Gasteiger partial charge in [-0.05, 0) is 30.9 Å². The van der Waals surface area contributed by atoms with Crippen molar-refractivity contribution in [1.29, 1.82) is 0 Å². The highest BCUT2D eigenvalue weighted by Gasteiger charge is 2.19. The Morgan fingerprint density at radius 3 is 3.05 bits per heavy atom. The third kappa shape index (κ3) is 3.01. The fourth-order valence-electron chi connectivity index (χ4n) is 2.25. The van der Waals surface area contributed by atoms with Crippen LogP contribution >= 0.6 is 0 Å². The smallest absolute Gasteiger partial charge is 0.0885 e. The Bertz CT molecular complexity index is 543. The third-order valence-electron chi connectivity index (χ3n) is 3.45. The molecule has 0 unspecified atom stereocenters. The summed E-state index contributed by atoms with van der Waals surface area (Å²) in [6.07, 6.45) is 5.57. The van der Waals surface area contributed by atoms with Gasteiger partial charge in [-0.3, -0.25) is 0 Å². The normalized spacial score (nSPS) is 14.8. The number of benzene rings is 1. The van der Waals surface area contributed by atoms with Gasteiger partial charge in [0, 0.05) is 24.7 Å². The van der Waals surface area contributed by atoms with Crippen molar-refractivity contribution in [3.63, 3.8) is 0 Å². The van der Waals surface area contributed by atoms with E-state index in [-0.39, 0.29) is 0 Å². The monoisotopic (exact) mass is 256 g/mol. The van der Waals surface area contributed by atoms with Gasteiger partial charge >= 0.3 is 0 Å². The van der Waals surface area contributed by atoms with Crippen molar-refractivity contribution in [1.82, 2.24) is 20.3 Å². The van der Waals surface area contributed by atoms with Crippen LogP contribution < -0.4 is 5.32 Å². The number of rotatable bonds is 6. The summed E-state index contributed by atoms with van der Waals surface area (Å²) in [7, 11) is 0. The number of aromatic nitrogens is 3. The summed E-state index contributed by atoms with van der Waals surface area (Å²) < 4.78 is 1.98. The van der Waals surface area contributed by atoms with Crippen molar-refractivity contribution in [3.8, 4) is 11.3 Å². The van der Waals surface area contributed by atoms with E-state index in [2.05, 4.69) is 46.8 Å². The molecule has 3 rings (SSSR count). The molecule has 4 nitrogen and oxygen atoms in total. The first kappa shape index (κ1) is 12.4. The molecule has 19 heavy (non-hydrogen) atoms. The van der Waals surface area contributed by atoms with Crippen LogP contribution in [0.5, 0.6) is 0 Å². The van der Waals surface area contributed by atoms with Gasteiger partial charge in [0.1, 0.15) is 0 Å². The maximum Gasteiger partial charge on any atom is 0.0885 e. The molecule has 2 aromatic rings. The van der Waals surface area contributed by atoms with E-state index in [1.807, 2.05) is 10.9 Å². The van der Waals surface area contributed by atoms with Crippen molar-refractivity contribution >= 4 is 0 Å². The molecule has 1 aromatic heterocycles. The van der Waals surface area contributed by atoms with Crippen LogP contribution in [0.1, 0.15) is 31.7 Å². The second kappa shape index (κ2) is 5.53. The summed E-state index contributed by atoms with van der Waals surface area (Å²) in [4.78, 5) is 0.